The van der Waals surface area contributed by atoms with Crippen LogP contribution in [0.25, 0.3) is 0 Å². The summed E-state index contributed by atoms with van der Waals surface area (Å²) in [5, 5.41) is 19.0. The first-order valence-electron chi connectivity index (χ1n) is 4.35. The summed E-state index contributed by atoms with van der Waals surface area (Å²) in [4.78, 5) is 0. The highest BCUT2D eigenvalue weighted by atomic mass is 16.5. The molecule has 0 aliphatic heterocycles. The summed E-state index contributed by atoms with van der Waals surface area (Å²) in [6.45, 7) is 7.81. The number of aliphatic hydroxyl groups is 2. The Morgan fingerprint density at radius 2 is 1.64 bits per heavy atom. The maximum absolute atomic E-state index is 9.51. The second-order valence-corrected chi connectivity index (χ2v) is 3.79. The van der Waals surface area contributed by atoms with E-state index in [9.17, 15) is 10.2 Å². The molecular formula is C9H20O2. The van der Waals surface area contributed by atoms with E-state index in [1.807, 2.05) is 27.7 Å². The normalized spacial score (nSPS) is 15.5. The van der Waals surface area contributed by atoms with Crippen molar-refractivity contribution in [3.05, 3.63) is 0 Å². The summed E-state index contributed by atoms with van der Waals surface area (Å²) in [6, 6.07) is 0. The van der Waals surface area contributed by atoms with Gasteiger partial charge in [0.15, 0.2) is 5.79 Å². The molecule has 68 valence electrons. The molecule has 0 aliphatic rings. The zero-order chi connectivity index (χ0) is 9.07. The Kier molecular flexibility index (Phi) is 4.04. The summed E-state index contributed by atoms with van der Waals surface area (Å²) in [6.07, 6.45) is 1.27. The highest BCUT2D eigenvalue weighted by Crippen LogP contribution is 2.24. The lowest BCUT2D eigenvalue weighted by atomic mass is 9.90. The molecule has 0 saturated carbocycles. The van der Waals surface area contributed by atoms with E-state index in [-0.39, 0.29) is 5.92 Å². The molecule has 2 heteroatoms. The molecule has 0 aliphatic carbocycles. The third-order valence-electron chi connectivity index (χ3n) is 2.11. The molecule has 0 aromatic heterocycles. The van der Waals surface area contributed by atoms with E-state index in [1.54, 1.807) is 0 Å². The Hall–Kier alpha value is -0.0800. The zero-order valence-corrected chi connectivity index (χ0v) is 7.96. The molecule has 0 spiro atoms. The number of hydrogen-bond donors (Lipinski definition) is 2. The van der Waals surface area contributed by atoms with Gasteiger partial charge in [-0.05, 0) is 12.3 Å². The van der Waals surface area contributed by atoms with E-state index in [1.165, 1.54) is 0 Å². The highest BCUT2D eigenvalue weighted by Gasteiger charge is 2.29. The maximum atomic E-state index is 9.51. The lowest BCUT2D eigenvalue weighted by molar-refractivity contribution is -0.206. The van der Waals surface area contributed by atoms with Gasteiger partial charge in [-0.2, -0.15) is 0 Å². The van der Waals surface area contributed by atoms with Crippen molar-refractivity contribution in [3.8, 4) is 0 Å². The quantitative estimate of drug-likeness (QED) is 0.615. The van der Waals surface area contributed by atoms with Crippen molar-refractivity contribution >= 4 is 0 Å². The molecule has 0 saturated heterocycles. The van der Waals surface area contributed by atoms with Gasteiger partial charge in [-0.25, -0.2) is 0 Å². The molecule has 0 fully saturated rings. The molecule has 11 heavy (non-hydrogen) atoms. The first-order chi connectivity index (χ1) is 4.90. The Morgan fingerprint density at radius 3 is 1.91 bits per heavy atom. The average Bonchev–Trinajstić information content (AvgIpc) is 1.83. The second-order valence-electron chi connectivity index (χ2n) is 3.79. The Balaban J connectivity index is 3.98. The molecule has 1 unspecified atom stereocenters. The van der Waals surface area contributed by atoms with E-state index >= 15 is 0 Å². The molecular weight excluding hydrogens is 140 g/mol. The van der Waals surface area contributed by atoms with Gasteiger partial charge in [0.2, 0.25) is 0 Å². The first-order valence-corrected chi connectivity index (χ1v) is 4.35. The third kappa shape index (κ3) is 3.73. The summed E-state index contributed by atoms with van der Waals surface area (Å²) in [5.74, 6) is -1.17. The van der Waals surface area contributed by atoms with Crippen LogP contribution in [0.5, 0.6) is 0 Å². The fourth-order valence-corrected chi connectivity index (χ4v) is 1.13. The van der Waals surface area contributed by atoms with Crippen molar-refractivity contribution < 1.29 is 10.2 Å². The minimum atomic E-state index is -1.47. The van der Waals surface area contributed by atoms with Gasteiger partial charge in [0, 0.05) is 12.3 Å². The van der Waals surface area contributed by atoms with Gasteiger partial charge >= 0.3 is 0 Å². The Morgan fingerprint density at radius 1 is 1.18 bits per heavy atom. The van der Waals surface area contributed by atoms with E-state index in [2.05, 4.69) is 0 Å². The van der Waals surface area contributed by atoms with Crippen LogP contribution in [0.4, 0.5) is 0 Å². The Labute approximate surface area is 69.2 Å². The van der Waals surface area contributed by atoms with Crippen LogP contribution < -0.4 is 0 Å². The summed E-state index contributed by atoms with van der Waals surface area (Å²) < 4.78 is 0. The van der Waals surface area contributed by atoms with Crippen LogP contribution in [0.15, 0.2) is 0 Å². The standard InChI is InChI=1S/C9H20O2/c1-5-8(4)9(10,11)6-7(2)3/h7-8,10-11H,5-6H2,1-4H3. The minimum Gasteiger partial charge on any atom is -0.365 e. The topological polar surface area (TPSA) is 40.5 Å². The summed E-state index contributed by atoms with van der Waals surface area (Å²) >= 11 is 0. The predicted molar refractivity (Wildman–Crippen MR) is 46.1 cm³/mol. The lowest BCUT2D eigenvalue weighted by Gasteiger charge is -2.29. The van der Waals surface area contributed by atoms with E-state index in [0.29, 0.717) is 12.3 Å². The molecule has 0 heterocycles. The highest BCUT2D eigenvalue weighted by molar-refractivity contribution is 4.72. The number of rotatable bonds is 4. The van der Waals surface area contributed by atoms with Gasteiger partial charge in [-0.15, -0.1) is 0 Å². The van der Waals surface area contributed by atoms with Crippen LogP contribution in [0.3, 0.4) is 0 Å². The van der Waals surface area contributed by atoms with E-state index in [4.69, 9.17) is 0 Å². The van der Waals surface area contributed by atoms with Gasteiger partial charge in [-0.1, -0.05) is 27.7 Å². The molecule has 0 radical (unpaired) electrons. The Bertz CT molecular complexity index is 108. The van der Waals surface area contributed by atoms with Gasteiger partial charge < -0.3 is 10.2 Å². The minimum absolute atomic E-state index is 0.0371. The first kappa shape index (κ1) is 10.9. The van der Waals surface area contributed by atoms with Gasteiger partial charge in [0.1, 0.15) is 0 Å². The molecule has 0 bridgehead atoms. The fraction of sp³-hybridized carbons (Fsp3) is 1.00. The second kappa shape index (κ2) is 4.07. The van der Waals surface area contributed by atoms with Gasteiger partial charge in [-0.3, -0.25) is 0 Å². The summed E-state index contributed by atoms with van der Waals surface area (Å²) in [5.41, 5.74) is 0. The predicted octanol–water partition coefficient (Wildman–Crippen LogP) is 1.76. The zero-order valence-electron chi connectivity index (χ0n) is 7.96. The van der Waals surface area contributed by atoms with Crippen molar-refractivity contribution in [3.63, 3.8) is 0 Å². The smallest absolute Gasteiger partial charge is 0.165 e. The SMILES string of the molecule is CCC(C)C(O)(O)CC(C)C. The lowest BCUT2D eigenvalue weighted by Crippen LogP contribution is -2.37. The van der Waals surface area contributed by atoms with E-state index < -0.39 is 5.79 Å². The third-order valence-corrected chi connectivity index (χ3v) is 2.11. The van der Waals surface area contributed by atoms with Crippen molar-refractivity contribution in [2.45, 2.75) is 46.3 Å². The van der Waals surface area contributed by atoms with Gasteiger partial charge in [0.25, 0.3) is 0 Å². The van der Waals surface area contributed by atoms with Crippen LogP contribution in [0.1, 0.15) is 40.5 Å². The fourth-order valence-electron chi connectivity index (χ4n) is 1.13. The molecule has 1 atom stereocenters. The van der Waals surface area contributed by atoms with Crippen molar-refractivity contribution in [1.82, 2.24) is 0 Å². The van der Waals surface area contributed by atoms with Crippen LogP contribution in [-0.4, -0.2) is 16.0 Å². The molecule has 2 nitrogen and oxygen atoms in total. The average molecular weight is 160 g/mol. The molecule has 0 amide bonds. The molecule has 0 aromatic rings. The van der Waals surface area contributed by atoms with Crippen LogP contribution >= 0.6 is 0 Å². The van der Waals surface area contributed by atoms with Crippen molar-refractivity contribution in [1.29, 1.82) is 0 Å². The van der Waals surface area contributed by atoms with Gasteiger partial charge in [0.05, 0.1) is 0 Å². The maximum Gasteiger partial charge on any atom is 0.165 e. The number of hydrogen-bond acceptors (Lipinski definition) is 2. The van der Waals surface area contributed by atoms with Crippen molar-refractivity contribution in [2.24, 2.45) is 11.8 Å². The van der Waals surface area contributed by atoms with Crippen LogP contribution in [-0.2, 0) is 0 Å². The van der Waals surface area contributed by atoms with Crippen LogP contribution in [0.2, 0.25) is 0 Å². The van der Waals surface area contributed by atoms with Crippen molar-refractivity contribution in [2.75, 3.05) is 0 Å². The monoisotopic (exact) mass is 160 g/mol. The van der Waals surface area contributed by atoms with Crippen LogP contribution in [0, 0.1) is 11.8 Å². The van der Waals surface area contributed by atoms with E-state index in [0.717, 1.165) is 6.42 Å². The molecule has 0 rings (SSSR count). The largest absolute Gasteiger partial charge is 0.365 e. The molecule has 2 N–H and O–H groups in total. The summed E-state index contributed by atoms with van der Waals surface area (Å²) in [7, 11) is 0. The molecule has 0 aromatic carbocycles.